The van der Waals surface area contributed by atoms with Gasteiger partial charge in [0.15, 0.2) is 5.82 Å². The van der Waals surface area contributed by atoms with Gasteiger partial charge in [0.25, 0.3) is 0 Å². The lowest BCUT2D eigenvalue weighted by Crippen LogP contribution is -2.10. The highest BCUT2D eigenvalue weighted by molar-refractivity contribution is 5.83. The molecular formula is C13H11F3N2O3. The minimum Gasteiger partial charge on any atom is -0.459 e. The lowest BCUT2D eigenvalue weighted by molar-refractivity contribution is -0.138. The lowest BCUT2D eigenvalue weighted by atomic mass is 10.0. The SMILES string of the molecule is CCOC(=O)c1nc(Cc2ccccc2C(F)(F)F)no1. The first-order valence-electron chi connectivity index (χ1n) is 6.06. The van der Waals surface area contributed by atoms with Crippen molar-refractivity contribution in [2.45, 2.75) is 19.5 Å². The molecule has 0 unspecified atom stereocenters. The molecule has 0 bridgehead atoms. The highest BCUT2D eigenvalue weighted by atomic mass is 19.4. The number of ether oxygens (including phenoxy) is 1. The van der Waals surface area contributed by atoms with Crippen LogP contribution in [0.4, 0.5) is 13.2 Å². The fourth-order valence-electron chi connectivity index (χ4n) is 1.72. The first-order chi connectivity index (χ1) is 9.91. The van der Waals surface area contributed by atoms with Crippen LogP contribution in [0.2, 0.25) is 0 Å². The smallest absolute Gasteiger partial charge is 0.416 e. The first-order valence-corrected chi connectivity index (χ1v) is 6.06. The average molecular weight is 300 g/mol. The number of halogens is 3. The van der Waals surface area contributed by atoms with Crippen molar-refractivity contribution in [3.8, 4) is 0 Å². The molecule has 1 aromatic carbocycles. The lowest BCUT2D eigenvalue weighted by Gasteiger charge is -2.10. The van der Waals surface area contributed by atoms with E-state index in [1.54, 1.807) is 6.92 Å². The molecule has 0 aliphatic rings. The number of rotatable bonds is 4. The van der Waals surface area contributed by atoms with Crippen LogP contribution in [0.3, 0.4) is 0 Å². The molecule has 2 rings (SSSR count). The Bertz CT molecular complexity index is 638. The van der Waals surface area contributed by atoms with Gasteiger partial charge in [-0.2, -0.15) is 18.2 Å². The summed E-state index contributed by atoms with van der Waals surface area (Å²) in [7, 11) is 0. The molecule has 0 saturated carbocycles. The number of carbonyl (C=O) groups excluding carboxylic acids is 1. The van der Waals surface area contributed by atoms with E-state index in [1.165, 1.54) is 18.2 Å². The Morgan fingerprint density at radius 1 is 1.33 bits per heavy atom. The number of benzene rings is 1. The average Bonchev–Trinajstić information content (AvgIpc) is 2.87. The summed E-state index contributed by atoms with van der Waals surface area (Å²) in [4.78, 5) is 15.1. The molecule has 112 valence electrons. The Morgan fingerprint density at radius 2 is 2.05 bits per heavy atom. The van der Waals surface area contributed by atoms with Crippen LogP contribution < -0.4 is 0 Å². The van der Waals surface area contributed by atoms with Crippen molar-refractivity contribution in [2.24, 2.45) is 0 Å². The molecule has 0 fully saturated rings. The van der Waals surface area contributed by atoms with Gasteiger partial charge in [0.2, 0.25) is 0 Å². The maximum Gasteiger partial charge on any atom is 0.416 e. The molecule has 0 amide bonds. The van der Waals surface area contributed by atoms with Gasteiger partial charge in [0, 0.05) is 6.42 Å². The van der Waals surface area contributed by atoms with Gasteiger partial charge in [0.05, 0.1) is 12.2 Å². The summed E-state index contributed by atoms with van der Waals surface area (Å²) in [5.74, 6) is -1.20. The summed E-state index contributed by atoms with van der Waals surface area (Å²) < 4.78 is 47.9. The first kappa shape index (κ1) is 15.0. The highest BCUT2D eigenvalue weighted by Crippen LogP contribution is 2.32. The molecule has 2 aromatic rings. The molecule has 0 atom stereocenters. The quantitative estimate of drug-likeness (QED) is 0.812. The molecule has 0 aliphatic carbocycles. The number of aromatic nitrogens is 2. The van der Waals surface area contributed by atoms with Gasteiger partial charge >= 0.3 is 18.0 Å². The second kappa shape index (κ2) is 5.94. The number of carbonyl (C=O) groups is 1. The van der Waals surface area contributed by atoms with Crippen LogP contribution in [0, 0.1) is 0 Å². The molecule has 0 N–H and O–H groups in total. The van der Waals surface area contributed by atoms with E-state index < -0.39 is 17.7 Å². The van der Waals surface area contributed by atoms with Crippen LogP contribution in [0.5, 0.6) is 0 Å². The van der Waals surface area contributed by atoms with Crippen molar-refractivity contribution in [3.63, 3.8) is 0 Å². The zero-order valence-electron chi connectivity index (χ0n) is 11.0. The van der Waals surface area contributed by atoms with Crippen molar-refractivity contribution < 1.29 is 27.2 Å². The van der Waals surface area contributed by atoms with Crippen molar-refractivity contribution >= 4 is 5.97 Å². The molecule has 0 spiro atoms. The Balaban J connectivity index is 2.22. The summed E-state index contributed by atoms with van der Waals surface area (Å²) in [6, 6.07) is 5.08. The fourth-order valence-corrected chi connectivity index (χ4v) is 1.72. The third kappa shape index (κ3) is 3.59. The van der Waals surface area contributed by atoms with Crippen LogP contribution in [0.15, 0.2) is 28.8 Å². The molecule has 8 heteroatoms. The summed E-state index contributed by atoms with van der Waals surface area (Å²) in [5, 5.41) is 3.48. The normalized spacial score (nSPS) is 11.4. The van der Waals surface area contributed by atoms with E-state index in [1.807, 2.05) is 0 Å². The molecule has 1 heterocycles. The zero-order valence-corrected chi connectivity index (χ0v) is 11.0. The second-order valence-electron chi connectivity index (χ2n) is 4.07. The van der Waals surface area contributed by atoms with E-state index in [0.29, 0.717) is 0 Å². The van der Waals surface area contributed by atoms with E-state index in [2.05, 4.69) is 19.4 Å². The van der Waals surface area contributed by atoms with Gasteiger partial charge in [-0.05, 0) is 18.6 Å². The minimum absolute atomic E-state index is 0.00112. The molecule has 0 aliphatic heterocycles. The van der Waals surface area contributed by atoms with E-state index in [9.17, 15) is 18.0 Å². The van der Waals surface area contributed by atoms with Gasteiger partial charge in [0.1, 0.15) is 0 Å². The van der Waals surface area contributed by atoms with Gasteiger partial charge in [-0.15, -0.1) is 0 Å². The summed E-state index contributed by atoms with van der Waals surface area (Å²) >= 11 is 0. The Labute approximate surface area is 117 Å². The molecule has 0 radical (unpaired) electrons. The number of hydrogen-bond acceptors (Lipinski definition) is 5. The van der Waals surface area contributed by atoms with Gasteiger partial charge in [-0.1, -0.05) is 23.4 Å². The predicted octanol–water partition coefficient (Wildman–Crippen LogP) is 2.86. The fraction of sp³-hybridized carbons (Fsp3) is 0.308. The van der Waals surface area contributed by atoms with Crippen LogP contribution in [0.25, 0.3) is 0 Å². The Morgan fingerprint density at radius 3 is 2.71 bits per heavy atom. The van der Waals surface area contributed by atoms with Gasteiger partial charge in [-0.25, -0.2) is 4.79 Å². The predicted molar refractivity (Wildman–Crippen MR) is 64.5 cm³/mol. The van der Waals surface area contributed by atoms with Crippen molar-refractivity contribution in [1.82, 2.24) is 10.1 Å². The Hall–Kier alpha value is -2.38. The number of hydrogen-bond donors (Lipinski definition) is 0. The van der Waals surface area contributed by atoms with Crippen molar-refractivity contribution in [2.75, 3.05) is 6.61 Å². The van der Waals surface area contributed by atoms with Crippen LogP contribution in [-0.2, 0) is 17.3 Å². The van der Waals surface area contributed by atoms with Crippen molar-refractivity contribution in [1.29, 1.82) is 0 Å². The monoisotopic (exact) mass is 300 g/mol. The third-order valence-electron chi connectivity index (χ3n) is 2.59. The molecule has 1 aromatic heterocycles. The topological polar surface area (TPSA) is 65.2 Å². The number of nitrogens with zero attached hydrogens (tertiary/aromatic N) is 2. The largest absolute Gasteiger partial charge is 0.459 e. The van der Waals surface area contributed by atoms with Gasteiger partial charge in [-0.3, -0.25) is 0 Å². The van der Waals surface area contributed by atoms with Gasteiger partial charge < -0.3 is 9.26 Å². The van der Waals surface area contributed by atoms with Crippen LogP contribution in [0.1, 0.15) is 34.6 Å². The summed E-state index contributed by atoms with van der Waals surface area (Å²) in [6.45, 7) is 1.74. The van der Waals surface area contributed by atoms with E-state index >= 15 is 0 Å². The summed E-state index contributed by atoms with van der Waals surface area (Å²) in [6.07, 6.45) is -4.66. The number of alkyl halides is 3. The third-order valence-corrected chi connectivity index (χ3v) is 2.59. The highest BCUT2D eigenvalue weighted by Gasteiger charge is 2.33. The maximum absolute atomic E-state index is 12.8. The van der Waals surface area contributed by atoms with Crippen LogP contribution in [-0.4, -0.2) is 22.7 Å². The molecule has 21 heavy (non-hydrogen) atoms. The van der Waals surface area contributed by atoms with Crippen molar-refractivity contribution in [3.05, 3.63) is 47.1 Å². The summed E-state index contributed by atoms with van der Waals surface area (Å²) in [5.41, 5.74) is -0.770. The number of esters is 1. The Kier molecular flexibility index (Phi) is 4.25. The van der Waals surface area contributed by atoms with Crippen LogP contribution >= 0.6 is 0 Å². The second-order valence-corrected chi connectivity index (χ2v) is 4.07. The standard InChI is InChI=1S/C13H11F3N2O3/c1-2-20-12(19)11-17-10(18-21-11)7-8-5-3-4-6-9(8)13(14,15)16/h3-6H,2,7H2,1H3. The van der Waals surface area contributed by atoms with E-state index in [-0.39, 0.29) is 30.3 Å². The molecule has 5 nitrogen and oxygen atoms in total. The van der Waals surface area contributed by atoms with E-state index in [0.717, 1.165) is 6.07 Å². The molecule has 0 saturated heterocycles. The maximum atomic E-state index is 12.8. The zero-order chi connectivity index (χ0) is 15.5. The molecular weight excluding hydrogens is 289 g/mol. The minimum atomic E-state index is -4.47. The van der Waals surface area contributed by atoms with E-state index in [4.69, 9.17) is 0 Å².